The highest BCUT2D eigenvalue weighted by Crippen LogP contribution is 2.36. The van der Waals surface area contributed by atoms with Gasteiger partial charge < -0.3 is 25.5 Å². The first-order chi connectivity index (χ1) is 13.4. The van der Waals surface area contributed by atoms with Crippen LogP contribution in [0.15, 0.2) is 36.7 Å². The molecule has 2 heterocycles. The summed E-state index contributed by atoms with van der Waals surface area (Å²) in [6.45, 7) is 0.779. The Kier molecular flexibility index (Phi) is 6.05. The summed E-state index contributed by atoms with van der Waals surface area (Å²) in [6.07, 6.45) is 0.653. The minimum Gasteiger partial charge on any atom is -0.481 e. The normalized spacial score (nSPS) is 22.1. The number of aliphatic hydroxyl groups is 2. The number of aliphatic carboxylic acids is 1. The zero-order valence-electron chi connectivity index (χ0n) is 15.3. The van der Waals surface area contributed by atoms with Crippen molar-refractivity contribution in [2.45, 2.75) is 18.9 Å². The van der Waals surface area contributed by atoms with Crippen LogP contribution in [0.25, 0.3) is 0 Å². The maximum atomic E-state index is 13.2. The number of carboxylic acid groups (broad SMARTS) is 1. The fourth-order valence-corrected chi connectivity index (χ4v) is 3.50. The molecule has 0 aliphatic carbocycles. The standard InChI is InChI=1S/C19H23FN4O4/c20-14-3-1-13(2-4-14)10-19(18(27)28)11-24(7-5-15(19)26)17-9-16(21-6-8-25)22-12-23-17/h1-4,9,12,15,25-26H,5-8,10-11H2,(H,27,28)(H,21,22,23)/t15-,19-/m1/s1. The summed E-state index contributed by atoms with van der Waals surface area (Å²) in [4.78, 5) is 22.3. The first-order valence-corrected chi connectivity index (χ1v) is 9.02. The van der Waals surface area contributed by atoms with Crippen molar-refractivity contribution < 1.29 is 24.5 Å². The maximum Gasteiger partial charge on any atom is 0.314 e. The van der Waals surface area contributed by atoms with Gasteiger partial charge in [-0.05, 0) is 30.5 Å². The van der Waals surface area contributed by atoms with E-state index in [0.717, 1.165) is 0 Å². The number of carbonyl (C=O) groups is 1. The van der Waals surface area contributed by atoms with Crippen LogP contribution >= 0.6 is 0 Å². The van der Waals surface area contributed by atoms with E-state index in [0.29, 0.717) is 30.3 Å². The lowest BCUT2D eigenvalue weighted by atomic mass is 9.73. The monoisotopic (exact) mass is 390 g/mol. The van der Waals surface area contributed by atoms with Crippen LogP contribution in [0, 0.1) is 11.2 Å². The number of aliphatic hydroxyl groups excluding tert-OH is 2. The number of carboxylic acids is 1. The molecule has 0 saturated carbocycles. The molecule has 0 amide bonds. The Morgan fingerprint density at radius 1 is 1.32 bits per heavy atom. The molecular weight excluding hydrogens is 367 g/mol. The van der Waals surface area contributed by atoms with Crippen molar-refractivity contribution in [3.63, 3.8) is 0 Å². The van der Waals surface area contributed by atoms with E-state index in [1.165, 1.54) is 30.6 Å². The summed E-state index contributed by atoms with van der Waals surface area (Å²) in [7, 11) is 0. The second kappa shape index (κ2) is 8.49. The number of rotatable bonds is 7. The largest absolute Gasteiger partial charge is 0.481 e. The first-order valence-electron chi connectivity index (χ1n) is 9.02. The van der Waals surface area contributed by atoms with Gasteiger partial charge in [-0.1, -0.05) is 12.1 Å². The Morgan fingerprint density at radius 3 is 2.75 bits per heavy atom. The number of hydrogen-bond donors (Lipinski definition) is 4. The molecule has 0 unspecified atom stereocenters. The first kappa shape index (κ1) is 20.0. The van der Waals surface area contributed by atoms with Gasteiger partial charge in [-0.3, -0.25) is 4.79 Å². The summed E-state index contributed by atoms with van der Waals surface area (Å²) in [6, 6.07) is 7.31. The fraction of sp³-hybridized carbons (Fsp3) is 0.421. The van der Waals surface area contributed by atoms with Crippen LogP contribution in [-0.2, 0) is 11.2 Å². The van der Waals surface area contributed by atoms with Gasteiger partial charge in [0.2, 0.25) is 0 Å². The van der Waals surface area contributed by atoms with Gasteiger partial charge in [0, 0.05) is 25.7 Å². The molecule has 0 spiro atoms. The minimum atomic E-state index is -1.44. The van der Waals surface area contributed by atoms with E-state index in [2.05, 4.69) is 15.3 Å². The zero-order chi connectivity index (χ0) is 20.1. The summed E-state index contributed by atoms with van der Waals surface area (Å²) in [5.74, 6) is -0.457. The van der Waals surface area contributed by atoms with Gasteiger partial charge in [-0.15, -0.1) is 0 Å². The van der Waals surface area contributed by atoms with Crippen molar-refractivity contribution in [3.05, 3.63) is 48.0 Å². The van der Waals surface area contributed by atoms with Crippen molar-refractivity contribution in [2.75, 3.05) is 36.5 Å². The minimum absolute atomic E-state index is 0.0466. The van der Waals surface area contributed by atoms with Crippen LogP contribution < -0.4 is 10.2 Å². The molecule has 3 rings (SSSR count). The number of aromatic nitrogens is 2. The highest BCUT2D eigenvalue weighted by molar-refractivity contribution is 5.77. The van der Waals surface area contributed by atoms with Gasteiger partial charge in [0.25, 0.3) is 0 Å². The molecule has 28 heavy (non-hydrogen) atoms. The number of nitrogens with zero attached hydrogens (tertiary/aromatic N) is 3. The quantitative estimate of drug-likeness (QED) is 0.551. The smallest absolute Gasteiger partial charge is 0.314 e. The lowest BCUT2D eigenvalue weighted by Crippen LogP contribution is -2.57. The SMILES string of the molecule is O=C(O)[C@]1(Cc2ccc(F)cc2)CN(c2cc(NCCO)ncn2)CC[C@H]1O. The van der Waals surface area contributed by atoms with E-state index in [9.17, 15) is 19.4 Å². The summed E-state index contributed by atoms with van der Waals surface area (Å²) < 4.78 is 13.2. The van der Waals surface area contributed by atoms with E-state index in [4.69, 9.17) is 5.11 Å². The molecule has 0 bridgehead atoms. The molecule has 1 aromatic carbocycles. The third-order valence-electron chi connectivity index (χ3n) is 5.04. The van der Waals surface area contributed by atoms with Crippen LogP contribution in [0.2, 0.25) is 0 Å². The molecule has 1 aromatic heterocycles. The summed E-state index contributed by atoms with van der Waals surface area (Å²) in [5.41, 5.74) is -0.808. The topological polar surface area (TPSA) is 119 Å². The Balaban J connectivity index is 1.86. The average molecular weight is 390 g/mol. The molecule has 8 nitrogen and oxygen atoms in total. The Morgan fingerprint density at radius 2 is 2.07 bits per heavy atom. The predicted octanol–water partition coefficient (Wildman–Crippen LogP) is 0.905. The molecule has 2 aromatic rings. The van der Waals surface area contributed by atoms with E-state index in [-0.39, 0.29) is 26.0 Å². The number of hydrogen-bond acceptors (Lipinski definition) is 7. The predicted molar refractivity (Wildman–Crippen MR) is 101 cm³/mol. The van der Waals surface area contributed by atoms with E-state index >= 15 is 0 Å². The van der Waals surface area contributed by atoms with Gasteiger partial charge in [0.05, 0.1) is 12.7 Å². The Bertz CT molecular complexity index is 820. The molecule has 2 atom stereocenters. The van der Waals surface area contributed by atoms with Gasteiger partial charge in [0.1, 0.15) is 29.2 Å². The number of halogens is 1. The van der Waals surface area contributed by atoms with Gasteiger partial charge in [-0.2, -0.15) is 0 Å². The lowest BCUT2D eigenvalue weighted by molar-refractivity contribution is -0.157. The Labute approximate surface area is 161 Å². The second-order valence-electron chi connectivity index (χ2n) is 6.90. The van der Waals surface area contributed by atoms with Crippen molar-refractivity contribution in [1.29, 1.82) is 0 Å². The number of anilines is 2. The lowest BCUT2D eigenvalue weighted by Gasteiger charge is -2.44. The Hall–Kier alpha value is -2.78. The van der Waals surface area contributed by atoms with Crippen LogP contribution in [0.3, 0.4) is 0 Å². The molecule has 4 N–H and O–H groups in total. The molecule has 1 aliphatic rings. The zero-order valence-corrected chi connectivity index (χ0v) is 15.3. The maximum absolute atomic E-state index is 13.2. The van der Waals surface area contributed by atoms with Crippen LogP contribution in [0.4, 0.5) is 16.0 Å². The molecule has 1 fully saturated rings. The third kappa shape index (κ3) is 4.20. The molecule has 0 radical (unpaired) electrons. The fourth-order valence-electron chi connectivity index (χ4n) is 3.50. The van der Waals surface area contributed by atoms with E-state index in [1.807, 2.05) is 0 Å². The van der Waals surface area contributed by atoms with Gasteiger partial charge in [-0.25, -0.2) is 14.4 Å². The third-order valence-corrected chi connectivity index (χ3v) is 5.04. The molecule has 150 valence electrons. The summed E-state index contributed by atoms with van der Waals surface area (Å²) in [5, 5.41) is 32.4. The van der Waals surface area contributed by atoms with Gasteiger partial charge in [0.15, 0.2) is 0 Å². The van der Waals surface area contributed by atoms with E-state index < -0.39 is 23.3 Å². The molecule has 1 saturated heterocycles. The number of benzene rings is 1. The van der Waals surface area contributed by atoms with Crippen LogP contribution in [0.5, 0.6) is 0 Å². The van der Waals surface area contributed by atoms with Crippen LogP contribution in [-0.4, -0.2) is 63.6 Å². The van der Waals surface area contributed by atoms with E-state index in [1.54, 1.807) is 11.0 Å². The van der Waals surface area contributed by atoms with Crippen molar-refractivity contribution >= 4 is 17.6 Å². The number of nitrogens with one attached hydrogen (secondary N) is 1. The molecule has 9 heteroatoms. The van der Waals surface area contributed by atoms with Gasteiger partial charge >= 0.3 is 5.97 Å². The van der Waals surface area contributed by atoms with Crippen molar-refractivity contribution in [1.82, 2.24) is 9.97 Å². The van der Waals surface area contributed by atoms with Crippen molar-refractivity contribution in [2.24, 2.45) is 5.41 Å². The summed E-state index contributed by atoms with van der Waals surface area (Å²) >= 11 is 0. The molecule has 1 aliphatic heterocycles. The second-order valence-corrected chi connectivity index (χ2v) is 6.90. The molecular formula is C19H23FN4O4. The average Bonchev–Trinajstić information content (AvgIpc) is 2.70. The van der Waals surface area contributed by atoms with Crippen LogP contribution in [0.1, 0.15) is 12.0 Å². The van der Waals surface area contributed by atoms with Crippen molar-refractivity contribution in [3.8, 4) is 0 Å². The highest BCUT2D eigenvalue weighted by Gasteiger charge is 2.49. The number of piperidine rings is 1. The highest BCUT2D eigenvalue weighted by atomic mass is 19.1.